The Labute approximate surface area is 114 Å². The van der Waals surface area contributed by atoms with Crippen LogP contribution in [0.1, 0.15) is 34.8 Å². The van der Waals surface area contributed by atoms with Gasteiger partial charge in [-0.2, -0.15) is 0 Å². The van der Waals surface area contributed by atoms with Crippen LogP contribution in [0.4, 0.5) is 8.78 Å². The summed E-state index contributed by atoms with van der Waals surface area (Å²) in [5.41, 5.74) is 0.0387. The van der Waals surface area contributed by atoms with Crippen LogP contribution in [0.5, 0.6) is 0 Å². The van der Waals surface area contributed by atoms with Crippen LogP contribution < -0.4 is 0 Å². The molecule has 104 valence electrons. The summed E-state index contributed by atoms with van der Waals surface area (Å²) in [5.74, 6) is -1.21. The molecule has 0 aliphatic carbocycles. The van der Waals surface area contributed by atoms with Crippen molar-refractivity contribution in [3.63, 3.8) is 0 Å². The molecule has 19 heavy (non-hydrogen) atoms. The van der Waals surface area contributed by atoms with E-state index in [0.717, 1.165) is 6.07 Å². The summed E-state index contributed by atoms with van der Waals surface area (Å²) in [6.07, 6.45) is -2.77. The Morgan fingerprint density at radius 3 is 2.58 bits per heavy atom. The maximum Gasteiger partial charge on any atom is 0.338 e. The fraction of sp³-hybridized carbons (Fsp3) is 0.385. The van der Waals surface area contributed by atoms with Crippen LogP contribution in [0.15, 0.2) is 18.2 Å². The number of benzene rings is 1. The lowest BCUT2D eigenvalue weighted by Gasteiger charge is -2.10. The van der Waals surface area contributed by atoms with Gasteiger partial charge in [-0.05, 0) is 18.6 Å². The Bertz CT molecular complexity index is 475. The number of halogens is 3. The number of ether oxygens (including phenoxy) is 1. The first kappa shape index (κ1) is 15.6. The molecule has 0 amide bonds. The van der Waals surface area contributed by atoms with Gasteiger partial charge in [0.2, 0.25) is 0 Å². The van der Waals surface area contributed by atoms with Gasteiger partial charge < -0.3 is 4.74 Å². The largest absolute Gasteiger partial charge is 0.462 e. The first-order valence-corrected chi connectivity index (χ1v) is 6.18. The average Bonchev–Trinajstić information content (AvgIpc) is 2.38. The van der Waals surface area contributed by atoms with Crippen molar-refractivity contribution in [3.05, 3.63) is 34.9 Å². The third kappa shape index (κ3) is 4.28. The van der Waals surface area contributed by atoms with Crippen LogP contribution in [0, 0.1) is 0 Å². The van der Waals surface area contributed by atoms with E-state index in [1.165, 1.54) is 12.1 Å². The highest BCUT2D eigenvalue weighted by Gasteiger charge is 2.18. The minimum atomic E-state index is -2.69. The highest BCUT2D eigenvalue weighted by molar-refractivity contribution is 6.27. The van der Waals surface area contributed by atoms with Crippen LogP contribution >= 0.6 is 11.6 Å². The van der Waals surface area contributed by atoms with E-state index in [9.17, 15) is 18.4 Å². The predicted octanol–water partition coefficient (Wildman–Crippen LogP) is 3.15. The first-order chi connectivity index (χ1) is 8.99. The lowest BCUT2D eigenvalue weighted by atomic mass is 10.00. The Morgan fingerprint density at radius 1 is 1.37 bits per heavy atom. The van der Waals surface area contributed by atoms with Gasteiger partial charge in [-0.1, -0.05) is 12.1 Å². The Hall–Kier alpha value is -1.49. The topological polar surface area (TPSA) is 43.4 Å². The second-order valence-corrected chi connectivity index (χ2v) is 4.05. The highest BCUT2D eigenvalue weighted by Crippen LogP contribution is 2.23. The second-order valence-electron chi connectivity index (χ2n) is 3.79. The summed E-state index contributed by atoms with van der Waals surface area (Å²) in [4.78, 5) is 23.0. The molecule has 0 atom stereocenters. The predicted molar refractivity (Wildman–Crippen MR) is 66.8 cm³/mol. The van der Waals surface area contributed by atoms with E-state index in [1.54, 1.807) is 6.92 Å². The van der Waals surface area contributed by atoms with Crippen LogP contribution in [-0.2, 0) is 16.0 Å². The van der Waals surface area contributed by atoms with Crippen molar-refractivity contribution in [2.45, 2.75) is 19.8 Å². The zero-order chi connectivity index (χ0) is 14.4. The minimum Gasteiger partial charge on any atom is -0.462 e. The quantitative estimate of drug-likeness (QED) is 0.597. The molecule has 0 unspecified atom stereocenters. The lowest BCUT2D eigenvalue weighted by molar-refractivity contribution is -0.116. The smallest absolute Gasteiger partial charge is 0.338 e. The maximum absolute atomic E-state index is 12.6. The van der Waals surface area contributed by atoms with Crippen LogP contribution in [0.2, 0.25) is 0 Å². The van der Waals surface area contributed by atoms with Crippen LogP contribution in [0.25, 0.3) is 0 Å². The standard InChI is InChI=1S/C13H13ClF2O3/c1-2-19-13(18)11-6-9(12(15)16)4-3-8(11)5-10(17)7-14/h3-4,6,12H,2,5,7H2,1H3. The maximum atomic E-state index is 12.6. The zero-order valence-electron chi connectivity index (χ0n) is 10.3. The number of ketones is 1. The van der Waals surface area contributed by atoms with E-state index in [0.29, 0.717) is 5.56 Å². The molecular weight excluding hydrogens is 278 g/mol. The zero-order valence-corrected chi connectivity index (χ0v) is 11.0. The molecule has 0 aliphatic rings. The fourth-order valence-electron chi connectivity index (χ4n) is 1.54. The van der Waals surface area contributed by atoms with Crippen molar-refractivity contribution in [3.8, 4) is 0 Å². The lowest BCUT2D eigenvalue weighted by Crippen LogP contribution is -2.13. The summed E-state index contributed by atoms with van der Waals surface area (Å²) >= 11 is 5.39. The van der Waals surface area contributed by atoms with Crippen molar-refractivity contribution < 1.29 is 23.1 Å². The number of hydrogen-bond donors (Lipinski definition) is 0. The summed E-state index contributed by atoms with van der Waals surface area (Å²) < 4.78 is 30.0. The van der Waals surface area contributed by atoms with Gasteiger partial charge >= 0.3 is 5.97 Å². The molecule has 0 N–H and O–H groups in total. The summed E-state index contributed by atoms with van der Waals surface area (Å²) in [6, 6.07) is 3.57. The number of hydrogen-bond acceptors (Lipinski definition) is 3. The van der Waals surface area contributed by atoms with E-state index >= 15 is 0 Å². The Morgan fingerprint density at radius 2 is 2.05 bits per heavy atom. The molecule has 6 heteroatoms. The van der Waals surface area contributed by atoms with Gasteiger partial charge in [0.25, 0.3) is 6.43 Å². The number of carbonyl (C=O) groups excluding carboxylic acids is 2. The normalized spacial score (nSPS) is 10.6. The molecule has 0 fully saturated rings. The van der Waals surface area contributed by atoms with E-state index in [2.05, 4.69) is 0 Å². The Kier molecular flexibility index (Phi) is 5.89. The van der Waals surface area contributed by atoms with Crippen molar-refractivity contribution in [2.75, 3.05) is 12.5 Å². The SMILES string of the molecule is CCOC(=O)c1cc(C(F)F)ccc1CC(=O)CCl. The van der Waals surface area contributed by atoms with Gasteiger partial charge in [-0.15, -0.1) is 11.6 Å². The summed E-state index contributed by atoms with van der Waals surface area (Å²) in [6.45, 7) is 1.74. The van der Waals surface area contributed by atoms with Crippen molar-refractivity contribution in [1.29, 1.82) is 0 Å². The number of alkyl halides is 3. The van der Waals surface area contributed by atoms with Crippen molar-refractivity contribution >= 4 is 23.4 Å². The minimum absolute atomic E-state index is 0.0156. The van der Waals surface area contributed by atoms with E-state index in [-0.39, 0.29) is 35.8 Å². The monoisotopic (exact) mass is 290 g/mol. The third-order valence-electron chi connectivity index (χ3n) is 2.42. The van der Waals surface area contributed by atoms with Gasteiger partial charge in [0.15, 0.2) is 5.78 Å². The number of esters is 1. The first-order valence-electron chi connectivity index (χ1n) is 5.65. The van der Waals surface area contributed by atoms with E-state index < -0.39 is 12.4 Å². The molecule has 0 heterocycles. The number of Topliss-reactive ketones (excluding diaryl/α,β-unsaturated/α-hetero) is 1. The number of rotatable bonds is 6. The average molecular weight is 291 g/mol. The molecule has 0 spiro atoms. The van der Waals surface area contributed by atoms with Crippen molar-refractivity contribution in [1.82, 2.24) is 0 Å². The van der Waals surface area contributed by atoms with E-state index in [1.807, 2.05) is 0 Å². The molecule has 1 aromatic carbocycles. The van der Waals surface area contributed by atoms with E-state index in [4.69, 9.17) is 16.3 Å². The van der Waals surface area contributed by atoms with Crippen molar-refractivity contribution in [2.24, 2.45) is 0 Å². The molecular formula is C13H13ClF2O3. The summed E-state index contributed by atoms with van der Waals surface area (Å²) in [5, 5.41) is 0. The van der Waals surface area contributed by atoms with Gasteiger partial charge in [-0.3, -0.25) is 4.79 Å². The van der Waals surface area contributed by atoms with Gasteiger partial charge in [0, 0.05) is 12.0 Å². The van der Waals surface area contributed by atoms with Gasteiger partial charge in [0.1, 0.15) is 0 Å². The molecule has 0 radical (unpaired) electrons. The van der Waals surface area contributed by atoms with Gasteiger partial charge in [-0.25, -0.2) is 13.6 Å². The van der Waals surface area contributed by atoms with Crippen LogP contribution in [-0.4, -0.2) is 24.2 Å². The third-order valence-corrected chi connectivity index (χ3v) is 2.72. The molecule has 0 bridgehead atoms. The Balaban J connectivity index is 3.14. The molecule has 0 saturated heterocycles. The van der Waals surface area contributed by atoms with Crippen LogP contribution in [0.3, 0.4) is 0 Å². The summed E-state index contributed by atoms with van der Waals surface area (Å²) in [7, 11) is 0. The molecule has 3 nitrogen and oxygen atoms in total. The molecule has 1 aromatic rings. The highest BCUT2D eigenvalue weighted by atomic mass is 35.5. The molecule has 0 saturated carbocycles. The second kappa shape index (κ2) is 7.19. The molecule has 1 rings (SSSR count). The fourth-order valence-corrected chi connectivity index (χ4v) is 1.64. The van der Waals surface area contributed by atoms with Gasteiger partial charge in [0.05, 0.1) is 18.1 Å². The number of carbonyl (C=O) groups is 2. The molecule has 0 aliphatic heterocycles. The molecule has 0 aromatic heterocycles.